The van der Waals surface area contributed by atoms with E-state index in [9.17, 15) is 10.5 Å². The van der Waals surface area contributed by atoms with Gasteiger partial charge in [-0.25, -0.2) is 0 Å². The zero-order valence-electron chi connectivity index (χ0n) is 16.8. The monoisotopic (exact) mass is 392 g/mol. The summed E-state index contributed by atoms with van der Waals surface area (Å²) in [5.41, 5.74) is 4.39. The molecule has 3 rings (SSSR count). The molecule has 3 aromatic rings. The summed E-state index contributed by atoms with van der Waals surface area (Å²) in [7, 11) is 3.22. The molecule has 0 saturated carbocycles. The van der Waals surface area contributed by atoms with Crippen LogP contribution in [0.15, 0.2) is 72.8 Å². The molecule has 4 nitrogen and oxygen atoms in total. The van der Waals surface area contributed by atoms with Crippen LogP contribution in [0.5, 0.6) is 11.5 Å². The van der Waals surface area contributed by atoms with Gasteiger partial charge in [0.15, 0.2) is 0 Å². The molecule has 0 amide bonds. The largest absolute Gasteiger partial charge is 0.497 e. The number of hydrogen-bond donors (Lipinski definition) is 0. The first kappa shape index (κ1) is 20.5. The lowest BCUT2D eigenvalue weighted by Crippen LogP contribution is -1.87. The van der Waals surface area contributed by atoms with E-state index in [0.717, 1.165) is 33.8 Å². The summed E-state index contributed by atoms with van der Waals surface area (Å²) in [6.07, 6.45) is 3.63. The van der Waals surface area contributed by atoms with Crippen LogP contribution >= 0.6 is 0 Å². The molecule has 146 valence electrons. The van der Waals surface area contributed by atoms with Gasteiger partial charge in [0, 0.05) is 0 Å². The molecule has 0 radical (unpaired) electrons. The molecule has 0 unspecified atom stereocenters. The van der Waals surface area contributed by atoms with Crippen LogP contribution in [0.3, 0.4) is 0 Å². The minimum Gasteiger partial charge on any atom is -0.497 e. The highest BCUT2D eigenvalue weighted by Crippen LogP contribution is 2.24. The summed E-state index contributed by atoms with van der Waals surface area (Å²) >= 11 is 0. The van der Waals surface area contributed by atoms with Crippen molar-refractivity contribution in [3.8, 4) is 23.6 Å². The number of benzene rings is 3. The summed E-state index contributed by atoms with van der Waals surface area (Å²) in [5.74, 6) is 1.47. The molecule has 0 saturated heterocycles. The van der Waals surface area contributed by atoms with Crippen molar-refractivity contribution in [1.82, 2.24) is 0 Å². The average Bonchev–Trinajstić information content (AvgIpc) is 2.81. The van der Waals surface area contributed by atoms with Crippen LogP contribution in [0.2, 0.25) is 0 Å². The first-order valence-corrected chi connectivity index (χ1v) is 9.29. The second-order valence-electron chi connectivity index (χ2n) is 6.47. The van der Waals surface area contributed by atoms with E-state index in [2.05, 4.69) is 12.1 Å². The second-order valence-corrected chi connectivity index (χ2v) is 6.47. The Bertz CT molecular complexity index is 1080. The lowest BCUT2D eigenvalue weighted by molar-refractivity contribution is 0.414. The highest BCUT2D eigenvalue weighted by Gasteiger charge is 2.06. The minimum atomic E-state index is 0.532. The third kappa shape index (κ3) is 4.95. The van der Waals surface area contributed by atoms with E-state index >= 15 is 0 Å². The maximum Gasteiger partial charge on any atom is 0.119 e. The molecular weight excluding hydrogens is 372 g/mol. The van der Waals surface area contributed by atoms with Gasteiger partial charge in [0.2, 0.25) is 0 Å². The second kappa shape index (κ2) is 9.78. The van der Waals surface area contributed by atoms with E-state index in [4.69, 9.17) is 9.47 Å². The summed E-state index contributed by atoms with van der Waals surface area (Å²) in [6, 6.07) is 26.9. The topological polar surface area (TPSA) is 66.0 Å². The fourth-order valence-corrected chi connectivity index (χ4v) is 2.99. The van der Waals surface area contributed by atoms with Gasteiger partial charge in [0.25, 0.3) is 0 Å². The predicted molar refractivity (Wildman–Crippen MR) is 119 cm³/mol. The van der Waals surface area contributed by atoms with Gasteiger partial charge in [0.1, 0.15) is 11.5 Å². The fourth-order valence-electron chi connectivity index (χ4n) is 2.99. The van der Waals surface area contributed by atoms with Crippen molar-refractivity contribution < 1.29 is 9.47 Å². The zero-order valence-corrected chi connectivity index (χ0v) is 16.8. The molecule has 0 bridgehead atoms. The summed E-state index contributed by atoms with van der Waals surface area (Å²) in [4.78, 5) is 0. The van der Waals surface area contributed by atoms with Crippen LogP contribution < -0.4 is 9.47 Å². The molecule has 0 aliphatic carbocycles. The van der Waals surface area contributed by atoms with Crippen molar-refractivity contribution in [3.63, 3.8) is 0 Å². The SMILES string of the molecule is COc1cccc(/C=C(\C#N)c2ccc(/C(C#N)=C/c3cccc(OC)c3)cc2)c1. The van der Waals surface area contributed by atoms with Gasteiger partial charge in [-0.2, -0.15) is 10.5 Å². The molecule has 0 aromatic heterocycles. The van der Waals surface area contributed by atoms with Crippen LogP contribution in [0, 0.1) is 22.7 Å². The van der Waals surface area contributed by atoms with Crippen LogP contribution in [-0.2, 0) is 0 Å². The Morgan fingerprint density at radius 3 is 1.40 bits per heavy atom. The van der Waals surface area contributed by atoms with E-state index < -0.39 is 0 Å². The smallest absolute Gasteiger partial charge is 0.119 e. The molecule has 0 aliphatic heterocycles. The molecule has 0 spiro atoms. The molecule has 0 aliphatic rings. The van der Waals surface area contributed by atoms with E-state index in [1.54, 1.807) is 14.2 Å². The highest BCUT2D eigenvalue weighted by molar-refractivity contribution is 5.92. The molecule has 30 heavy (non-hydrogen) atoms. The maximum absolute atomic E-state index is 9.61. The van der Waals surface area contributed by atoms with Gasteiger partial charge in [0.05, 0.1) is 37.5 Å². The Balaban J connectivity index is 1.90. The lowest BCUT2D eigenvalue weighted by Gasteiger charge is -2.05. The standard InChI is InChI=1S/C26H20N2O2/c1-29-25-7-3-5-19(15-25)13-23(17-27)21-9-11-22(12-10-21)24(18-28)14-20-6-4-8-26(16-20)30-2/h3-16H,1-2H3/b23-13+,24-14+. The quantitative estimate of drug-likeness (QED) is 0.391. The van der Waals surface area contributed by atoms with Gasteiger partial charge in [-0.05, 0) is 58.7 Å². The molecule has 3 aromatic carbocycles. The van der Waals surface area contributed by atoms with Crippen LogP contribution in [-0.4, -0.2) is 14.2 Å². The van der Waals surface area contributed by atoms with Crippen LogP contribution in [0.4, 0.5) is 0 Å². The van der Waals surface area contributed by atoms with E-state index in [1.165, 1.54) is 0 Å². The van der Waals surface area contributed by atoms with Crippen molar-refractivity contribution in [1.29, 1.82) is 10.5 Å². The number of nitrogens with zero attached hydrogens (tertiary/aromatic N) is 2. The molecule has 0 atom stereocenters. The summed E-state index contributed by atoms with van der Waals surface area (Å²) in [6.45, 7) is 0. The Morgan fingerprint density at radius 1 is 0.667 bits per heavy atom. The third-order valence-electron chi connectivity index (χ3n) is 4.56. The molecule has 0 heterocycles. The number of hydrogen-bond acceptors (Lipinski definition) is 4. The van der Waals surface area contributed by atoms with Gasteiger partial charge >= 0.3 is 0 Å². The van der Waals surface area contributed by atoms with Crippen molar-refractivity contribution in [3.05, 3.63) is 95.1 Å². The van der Waals surface area contributed by atoms with Crippen molar-refractivity contribution in [2.75, 3.05) is 14.2 Å². The molecule has 4 heteroatoms. The Morgan fingerprint density at radius 2 is 1.07 bits per heavy atom. The third-order valence-corrected chi connectivity index (χ3v) is 4.56. The van der Waals surface area contributed by atoms with Gasteiger partial charge in [-0.15, -0.1) is 0 Å². The summed E-state index contributed by atoms with van der Waals surface area (Å²) < 4.78 is 10.5. The van der Waals surface area contributed by atoms with Crippen molar-refractivity contribution in [2.45, 2.75) is 0 Å². The normalized spacial score (nSPS) is 11.3. The Kier molecular flexibility index (Phi) is 6.66. The number of nitriles is 2. The van der Waals surface area contributed by atoms with Crippen LogP contribution in [0.1, 0.15) is 22.3 Å². The lowest BCUT2D eigenvalue weighted by atomic mass is 9.98. The molecular formula is C26H20N2O2. The minimum absolute atomic E-state index is 0.532. The van der Waals surface area contributed by atoms with E-state index in [0.29, 0.717) is 11.1 Å². The Labute approximate surface area is 176 Å². The molecule has 0 N–H and O–H groups in total. The predicted octanol–water partition coefficient (Wildman–Crippen LogP) is 5.83. The maximum atomic E-state index is 9.61. The van der Waals surface area contributed by atoms with Gasteiger partial charge in [-0.3, -0.25) is 0 Å². The number of ether oxygens (including phenoxy) is 2. The van der Waals surface area contributed by atoms with Crippen molar-refractivity contribution in [2.24, 2.45) is 0 Å². The molecule has 0 fully saturated rings. The fraction of sp³-hybridized carbons (Fsp3) is 0.0769. The zero-order chi connectivity index (χ0) is 21.3. The van der Waals surface area contributed by atoms with Gasteiger partial charge < -0.3 is 9.47 Å². The average molecular weight is 392 g/mol. The van der Waals surface area contributed by atoms with Gasteiger partial charge in [-0.1, -0.05) is 48.5 Å². The summed E-state index contributed by atoms with van der Waals surface area (Å²) in [5, 5.41) is 19.2. The van der Waals surface area contributed by atoms with Crippen LogP contribution in [0.25, 0.3) is 23.3 Å². The number of allylic oxidation sites excluding steroid dienone is 2. The first-order chi connectivity index (χ1) is 14.7. The van der Waals surface area contributed by atoms with E-state index in [-0.39, 0.29) is 0 Å². The first-order valence-electron chi connectivity index (χ1n) is 9.29. The number of methoxy groups -OCH3 is 2. The number of rotatable bonds is 6. The Hall–Kier alpha value is -4.28. The van der Waals surface area contributed by atoms with E-state index in [1.807, 2.05) is 84.9 Å². The highest BCUT2D eigenvalue weighted by atomic mass is 16.5. The van der Waals surface area contributed by atoms with Crippen molar-refractivity contribution >= 4 is 23.3 Å².